The minimum Gasteiger partial charge on any atom is -0.493 e. The van der Waals surface area contributed by atoms with Crippen molar-refractivity contribution in [2.45, 2.75) is 19.8 Å². The van der Waals surface area contributed by atoms with Crippen LogP contribution in [0, 0.1) is 6.92 Å². The number of aliphatic hydroxyl groups excluding tert-OH is 1. The lowest BCUT2D eigenvalue weighted by Gasteiger charge is -2.15. The van der Waals surface area contributed by atoms with E-state index in [4.69, 9.17) is 26.2 Å². The smallest absolute Gasteiger partial charge is 0.179 e. The number of aliphatic hydroxyl groups is 1. The van der Waals surface area contributed by atoms with Crippen LogP contribution in [0.2, 0.25) is 5.02 Å². The van der Waals surface area contributed by atoms with Gasteiger partial charge in [-0.2, -0.15) is 0 Å². The van der Waals surface area contributed by atoms with E-state index in [0.717, 1.165) is 17.5 Å². The summed E-state index contributed by atoms with van der Waals surface area (Å²) in [6, 6.07) is 1.91. The highest BCUT2D eigenvalue weighted by atomic mass is 35.5. The molecule has 0 amide bonds. The Morgan fingerprint density at radius 1 is 1.31 bits per heavy atom. The van der Waals surface area contributed by atoms with E-state index in [0.29, 0.717) is 22.9 Å². The van der Waals surface area contributed by atoms with E-state index < -0.39 is 0 Å². The standard InChI is InChI=1S/C12H17ClO3/c1-8-9(5-4-6-14)7-10(15-2)12(16-3)11(8)13/h7,14H,4-6H2,1-3H3. The van der Waals surface area contributed by atoms with Gasteiger partial charge in [0.2, 0.25) is 0 Å². The van der Waals surface area contributed by atoms with Crippen LogP contribution >= 0.6 is 11.6 Å². The normalized spacial score (nSPS) is 10.3. The van der Waals surface area contributed by atoms with Crippen LogP contribution in [0.5, 0.6) is 11.5 Å². The molecule has 16 heavy (non-hydrogen) atoms. The van der Waals surface area contributed by atoms with E-state index in [2.05, 4.69) is 0 Å². The van der Waals surface area contributed by atoms with E-state index in [9.17, 15) is 0 Å². The van der Waals surface area contributed by atoms with Crippen molar-refractivity contribution in [1.29, 1.82) is 0 Å². The fourth-order valence-electron chi connectivity index (χ4n) is 1.62. The van der Waals surface area contributed by atoms with Gasteiger partial charge in [0.15, 0.2) is 11.5 Å². The third kappa shape index (κ3) is 2.60. The molecule has 0 heterocycles. The molecule has 0 radical (unpaired) electrons. The Kier molecular flexibility index (Phi) is 4.90. The summed E-state index contributed by atoms with van der Waals surface area (Å²) in [6.07, 6.45) is 1.50. The second-order valence-electron chi connectivity index (χ2n) is 3.54. The molecule has 0 aromatic heterocycles. The lowest BCUT2D eigenvalue weighted by atomic mass is 10.0. The number of aryl methyl sites for hydroxylation is 1. The van der Waals surface area contributed by atoms with Gasteiger partial charge in [0.05, 0.1) is 19.2 Å². The molecule has 0 fully saturated rings. The molecular weight excluding hydrogens is 228 g/mol. The van der Waals surface area contributed by atoms with Crippen molar-refractivity contribution in [3.05, 3.63) is 22.2 Å². The second kappa shape index (κ2) is 5.97. The Morgan fingerprint density at radius 2 is 2.00 bits per heavy atom. The maximum Gasteiger partial charge on any atom is 0.179 e. The third-order valence-electron chi connectivity index (χ3n) is 2.57. The molecule has 1 aromatic carbocycles. The number of ether oxygens (including phenoxy) is 2. The number of methoxy groups -OCH3 is 2. The van der Waals surface area contributed by atoms with Crippen LogP contribution < -0.4 is 9.47 Å². The summed E-state index contributed by atoms with van der Waals surface area (Å²) in [4.78, 5) is 0. The van der Waals surface area contributed by atoms with Crippen LogP contribution in [-0.4, -0.2) is 25.9 Å². The third-order valence-corrected chi connectivity index (χ3v) is 3.02. The molecule has 0 aliphatic carbocycles. The van der Waals surface area contributed by atoms with Gasteiger partial charge in [-0.15, -0.1) is 0 Å². The van der Waals surface area contributed by atoms with Crippen LogP contribution in [0.1, 0.15) is 17.5 Å². The zero-order valence-corrected chi connectivity index (χ0v) is 10.6. The van der Waals surface area contributed by atoms with Gasteiger partial charge in [0.25, 0.3) is 0 Å². The maximum absolute atomic E-state index is 8.83. The summed E-state index contributed by atoms with van der Waals surface area (Å²) in [6.45, 7) is 2.11. The van der Waals surface area contributed by atoms with Crippen LogP contribution in [0.4, 0.5) is 0 Å². The fourth-order valence-corrected chi connectivity index (χ4v) is 1.91. The Hall–Kier alpha value is -0.930. The monoisotopic (exact) mass is 244 g/mol. The van der Waals surface area contributed by atoms with E-state index >= 15 is 0 Å². The second-order valence-corrected chi connectivity index (χ2v) is 3.92. The number of hydrogen-bond acceptors (Lipinski definition) is 3. The minimum atomic E-state index is 0.172. The molecule has 90 valence electrons. The summed E-state index contributed by atoms with van der Waals surface area (Å²) >= 11 is 6.19. The van der Waals surface area contributed by atoms with Crippen molar-refractivity contribution < 1.29 is 14.6 Å². The highest BCUT2D eigenvalue weighted by Gasteiger charge is 2.14. The number of halogens is 1. The zero-order valence-electron chi connectivity index (χ0n) is 9.84. The Labute approximate surface area is 101 Å². The molecule has 0 unspecified atom stereocenters. The molecular formula is C12H17ClO3. The first-order chi connectivity index (χ1) is 7.65. The summed E-state index contributed by atoms with van der Waals surface area (Å²) in [5.74, 6) is 1.19. The van der Waals surface area contributed by atoms with E-state index in [1.165, 1.54) is 0 Å². The van der Waals surface area contributed by atoms with Gasteiger partial charge >= 0.3 is 0 Å². The maximum atomic E-state index is 8.83. The molecule has 0 spiro atoms. The van der Waals surface area contributed by atoms with Crippen molar-refractivity contribution in [3.8, 4) is 11.5 Å². The highest BCUT2D eigenvalue weighted by Crippen LogP contribution is 2.39. The number of rotatable bonds is 5. The van der Waals surface area contributed by atoms with E-state index in [-0.39, 0.29) is 6.61 Å². The van der Waals surface area contributed by atoms with E-state index in [1.807, 2.05) is 13.0 Å². The van der Waals surface area contributed by atoms with Gasteiger partial charge in [0, 0.05) is 6.61 Å². The molecule has 3 nitrogen and oxygen atoms in total. The summed E-state index contributed by atoms with van der Waals surface area (Å²) in [7, 11) is 3.15. The number of benzene rings is 1. The summed E-state index contributed by atoms with van der Waals surface area (Å²) < 4.78 is 10.4. The Balaban J connectivity index is 3.16. The Bertz CT molecular complexity index is 364. The lowest BCUT2D eigenvalue weighted by molar-refractivity contribution is 0.288. The van der Waals surface area contributed by atoms with Crippen molar-refractivity contribution in [1.82, 2.24) is 0 Å². The molecule has 1 N–H and O–H groups in total. The zero-order chi connectivity index (χ0) is 12.1. The van der Waals surface area contributed by atoms with Crippen molar-refractivity contribution in [2.75, 3.05) is 20.8 Å². The van der Waals surface area contributed by atoms with Crippen molar-refractivity contribution in [3.63, 3.8) is 0 Å². The molecule has 1 rings (SSSR count). The van der Waals surface area contributed by atoms with Gasteiger partial charge < -0.3 is 14.6 Å². The number of hydrogen-bond donors (Lipinski definition) is 1. The van der Waals surface area contributed by atoms with Gasteiger partial charge in [-0.25, -0.2) is 0 Å². The molecule has 0 bridgehead atoms. The summed E-state index contributed by atoms with van der Waals surface area (Å²) in [5, 5.41) is 9.40. The first-order valence-electron chi connectivity index (χ1n) is 5.16. The lowest BCUT2D eigenvalue weighted by Crippen LogP contribution is -1.99. The molecule has 0 saturated heterocycles. The van der Waals surface area contributed by atoms with Crippen molar-refractivity contribution in [2.24, 2.45) is 0 Å². The first kappa shape index (κ1) is 13.1. The first-order valence-corrected chi connectivity index (χ1v) is 5.54. The van der Waals surface area contributed by atoms with Crippen LogP contribution in [-0.2, 0) is 6.42 Å². The largest absolute Gasteiger partial charge is 0.493 e. The molecule has 0 aliphatic rings. The van der Waals surface area contributed by atoms with E-state index in [1.54, 1.807) is 14.2 Å². The Morgan fingerprint density at radius 3 is 2.50 bits per heavy atom. The minimum absolute atomic E-state index is 0.172. The topological polar surface area (TPSA) is 38.7 Å². The SMILES string of the molecule is COc1cc(CCCO)c(C)c(Cl)c1OC. The van der Waals surface area contributed by atoms with Crippen LogP contribution in [0.3, 0.4) is 0 Å². The molecule has 1 aromatic rings. The van der Waals surface area contributed by atoms with Crippen LogP contribution in [0.15, 0.2) is 6.07 Å². The average molecular weight is 245 g/mol. The summed E-state index contributed by atoms with van der Waals surface area (Å²) in [5.41, 5.74) is 2.06. The molecule has 0 aliphatic heterocycles. The average Bonchev–Trinajstić information content (AvgIpc) is 2.30. The molecule has 0 saturated carbocycles. The van der Waals surface area contributed by atoms with Crippen LogP contribution in [0.25, 0.3) is 0 Å². The van der Waals surface area contributed by atoms with Gasteiger partial charge in [-0.05, 0) is 37.0 Å². The fraction of sp³-hybridized carbons (Fsp3) is 0.500. The van der Waals surface area contributed by atoms with Gasteiger partial charge in [-0.3, -0.25) is 0 Å². The van der Waals surface area contributed by atoms with Gasteiger partial charge in [0.1, 0.15) is 0 Å². The highest BCUT2D eigenvalue weighted by molar-refractivity contribution is 6.33. The quantitative estimate of drug-likeness (QED) is 0.865. The van der Waals surface area contributed by atoms with Crippen molar-refractivity contribution >= 4 is 11.6 Å². The van der Waals surface area contributed by atoms with Gasteiger partial charge in [-0.1, -0.05) is 11.6 Å². The predicted molar refractivity (Wildman–Crippen MR) is 64.7 cm³/mol. The molecule has 0 atom stereocenters. The molecule has 4 heteroatoms. The predicted octanol–water partition coefficient (Wildman–Crippen LogP) is 2.59.